The van der Waals surface area contributed by atoms with Crippen LogP contribution in [-0.4, -0.2) is 44.2 Å². The minimum Gasteiger partial charge on any atom is -0.494 e. The summed E-state index contributed by atoms with van der Waals surface area (Å²) in [6.07, 6.45) is -0.887. The molecule has 8 nitrogen and oxygen atoms in total. The predicted molar refractivity (Wildman–Crippen MR) is 133 cm³/mol. The van der Waals surface area contributed by atoms with E-state index in [1.54, 1.807) is 36.5 Å². The molecule has 1 aromatic heterocycles. The summed E-state index contributed by atoms with van der Waals surface area (Å²) in [6.45, 7) is -0.278. The summed E-state index contributed by atoms with van der Waals surface area (Å²) >= 11 is 0. The molecular weight excluding hydrogens is 525 g/mol. The fourth-order valence-corrected chi connectivity index (χ4v) is 5.48. The molecule has 200 valence electrons. The van der Waals surface area contributed by atoms with Crippen molar-refractivity contribution < 1.29 is 41.0 Å². The van der Waals surface area contributed by atoms with Crippen molar-refractivity contribution in [3.63, 3.8) is 0 Å². The minimum atomic E-state index is -4.73. The standard InChI is InChI=1S/C26H23F3N2O6S/c1-36-23-6-3-13-30-21(23)10-7-17-8-11-24-22(14-17)31(16-19(37-24)9-12-25(32)33)38(34,35)20-5-2-4-18(15-20)26(27,28)29/h2-8,10-11,13-15,19H,9,12,16H2,1H3,(H,32,33). The molecule has 0 bridgehead atoms. The molecule has 38 heavy (non-hydrogen) atoms. The van der Waals surface area contributed by atoms with Gasteiger partial charge in [0.2, 0.25) is 0 Å². The van der Waals surface area contributed by atoms with Gasteiger partial charge in [-0.2, -0.15) is 13.2 Å². The highest BCUT2D eigenvalue weighted by Crippen LogP contribution is 2.40. The van der Waals surface area contributed by atoms with E-state index < -0.39 is 38.7 Å². The first-order chi connectivity index (χ1) is 18.0. The molecule has 0 aliphatic carbocycles. The number of alkyl halides is 3. The maximum atomic E-state index is 13.6. The zero-order valence-corrected chi connectivity index (χ0v) is 20.9. The Morgan fingerprint density at radius 3 is 2.68 bits per heavy atom. The molecule has 1 N–H and O–H groups in total. The quantitative estimate of drug-likeness (QED) is 0.418. The fraction of sp³-hybridized carbons (Fsp3) is 0.231. The summed E-state index contributed by atoms with van der Waals surface area (Å²) in [5.74, 6) is -0.396. The van der Waals surface area contributed by atoms with Gasteiger partial charge in [0.15, 0.2) is 0 Å². The Morgan fingerprint density at radius 1 is 1.18 bits per heavy atom. The van der Waals surface area contributed by atoms with Gasteiger partial charge < -0.3 is 14.6 Å². The Bertz CT molecular complexity index is 1470. The summed E-state index contributed by atoms with van der Waals surface area (Å²) in [6, 6.07) is 11.6. The van der Waals surface area contributed by atoms with Gasteiger partial charge in [0.05, 0.1) is 29.8 Å². The van der Waals surface area contributed by atoms with Crippen LogP contribution in [0, 0.1) is 0 Å². The number of hydrogen-bond acceptors (Lipinski definition) is 6. The molecule has 1 aliphatic heterocycles. The van der Waals surface area contributed by atoms with Crippen LogP contribution in [0.1, 0.15) is 29.7 Å². The maximum absolute atomic E-state index is 13.6. The van der Waals surface area contributed by atoms with E-state index in [1.807, 2.05) is 0 Å². The third-order valence-corrected chi connectivity index (χ3v) is 7.57. The zero-order chi connectivity index (χ0) is 27.5. The number of aliphatic carboxylic acids is 1. The third kappa shape index (κ3) is 5.91. The van der Waals surface area contributed by atoms with Crippen LogP contribution < -0.4 is 13.8 Å². The van der Waals surface area contributed by atoms with Crippen molar-refractivity contribution in [3.05, 3.63) is 77.6 Å². The van der Waals surface area contributed by atoms with Gasteiger partial charge in [-0.25, -0.2) is 8.42 Å². The third-order valence-electron chi connectivity index (χ3n) is 5.80. The van der Waals surface area contributed by atoms with Crippen molar-refractivity contribution in [1.82, 2.24) is 4.98 Å². The highest BCUT2D eigenvalue weighted by molar-refractivity contribution is 7.92. The molecule has 1 aliphatic rings. The molecule has 0 fully saturated rings. The molecular formula is C26H23F3N2O6S. The van der Waals surface area contributed by atoms with E-state index in [0.717, 1.165) is 22.5 Å². The van der Waals surface area contributed by atoms with Crippen LogP contribution in [0.2, 0.25) is 0 Å². The van der Waals surface area contributed by atoms with Crippen molar-refractivity contribution in [1.29, 1.82) is 0 Å². The van der Waals surface area contributed by atoms with E-state index in [4.69, 9.17) is 14.6 Å². The molecule has 4 rings (SSSR count). The van der Waals surface area contributed by atoms with Crippen LogP contribution in [0.4, 0.5) is 18.9 Å². The number of benzene rings is 2. The zero-order valence-electron chi connectivity index (χ0n) is 20.1. The number of sulfonamides is 1. The topological polar surface area (TPSA) is 106 Å². The number of fused-ring (bicyclic) bond motifs is 1. The van der Waals surface area contributed by atoms with Crippen LogP contribution in [0.5, 0.6) is 11.5 Å². The number of pyridine rings is 1. The second-order valence-electron chi connectivity index (χ2n) is 8.39. The summed E-state index contributed by atoms with van der Waals surface area (Å²) in [5, 5.41) is 9.06. The number of nitrogens with zero attached hydrogens (tertiary/aromatic N) is 2. The number of methoxy groups -OCH3 is 1. The van der Waals surface area contributed by atoms with Crippen molar-refractivity contribution in [2.45, 2.75) is 30.0 Å². The lowest BCUT2D eigenvalue weighted by atomic mass is 10.1. The largest absolute Gasteiger partial charge is 0.494 e. The number of carbonyl (C=O) groups is 1. The molecule has 0 saturated carbocycles. The Balaban J connectivity index is 1.75. The summed E-state index contributed by atoms with van der Waals surface area (Å²) in [5.41, 5.74) is 0.110. The monoisotopic (exact) mass is 548 g/mol. The van der Waals surface area contributed by atoms with Crippen LogP contribution >= 0.6 is 0 Å². The molecule has 0 radical (unpaired) electrons. The number of aromatic nitrogens is 1. The SMILES string of the molecule is COc1cccnc1C=Cc1ccc2c(c1)N(S(=O)(=O)c1cccc(C(F)(F)F)c1)CC(CCC(=O)O)O2. The Kier molecular flexibility index (Phi) is 7.63. The molecule has 12 heteroatoms. The second kappa shape index (κ2) is 10.7. The molecule has 2 aromatic carbocycles. The van der Waals surface area contributed by atoms with Gasteiger partial charge in [0, 0.05) is 12.6 Å². The number of rotatable bonds is 8. The van der Waals surface area contributed by atoms with Gasteiger partial charge in [0.1, 0.15) is 23.3 Å². The maximum Gasteiger partial charge on any atom is 0.416 e. The Morgan fingerprint density at radius 2 is 1.97 bits per heavy atom. The number of carboxylic acids is 1. The highest BCUT2D eigenvalue weighted by atomic mass is 32.2. The van der Waals surface area contributed by atoms with E-state index in [-0.39, 0.29) is 30.8 Å². The van der Waals surface area contributed by atoms with Crippen LogP contribution in [0.15, 0.2) is 65.7 Å². The van der Waals surface area contributed by atoms with E-state index >= 15 is 0 Å². The first kappa shape index (κ1) is 27.0. The first-order valence-electron chi connectivity index (χ1n) is 11.4. The van der Waals surface area contributed by atoms with E-state index in [0.29, 0.717) is 23.1 Å². The number of halogens is 3. The first-order valence-corrected chi connectivity index (χ1v) is 12.8. The average molecular weight is 549 g/mol. The second-order valence-corrected chi connectivity index (χ2v) is 10.2. The van der Waals surface area contributed by atoms with Crippen LogP contribution in [0.25, 0.3) is 12.2 Å². The number of hydrogen-bond donors (Lipinski definition) is 1. The van der Waals surface area contributed by atoms with Gasteiger partial charge in [0.25, 0.3) is 10.0 Å². The van der Waals surface area contributed by atoms with Gasteiger partial charge in [-0.05, 0) is 60.5 Å². The molecule has 1 unspecified atom stereocenters. The van der Waals surface area contributed by atoms with E-state index in [2.05, 4.69) is 4.98 Å². The molecule has 1 atom stereocenters. The molecule has 0 amide bonds. The Hall–Kier alpha value is -4.06. The highest BCUT2D eigenvalue weighted by Gasteiger charge is 2.37. The lowest BCUT2D eigenvalue weighted by Gasteiger charge is -2.35. The number of carboxylic acid groups (broad SMARTS) is 1. The van der Waals surface area contributed by atoms with Gasteiger partial charge in [-0.15, -0.1) is 0 Å². The van der Waals surface area contributed by atoms with Crippen LogP contribution in [-0.2, 0) is 21.0 Å². The van der Waals surface area contributed by atoms with E-state index in [1.165, 1.54) is 19.2 Å². The smallest absolute Gasteiger partial charge is 0.416 e. The van der Waals surface area contributed by atoms with E-state index in [9.17, 15) is 26.4 Å². The lowest BCUT2D eigenvalue weighted by molar-refractivity contribution is -0.138. The summed E-state index contributed by atoms with van der Waals surface area (Å²) < 4.78 is 79.3. The van der Waals surface area contributed by atoms with Crippen molar-refractivity contribution >= 4 is 33.8 Å². The van der Waals surface area contributed by atoms with Crippen molar-refractivity contribution in [3.8, 4) is 11.5 Å². The average Bonchev–Trinajstić information content (AvgIpc) is 2.89. The van der Waals surface area contributed by atoms with Gasteiger partial charge >= 0.3 is 12.1 Å². The molecule has 3 aromatic rings. The molecule has 2 heterocycles. The van der Waals surface area contributed by atoms with Crippen molar-refractivity contribution in [2.24, 2.45) is 0 Å². The lowest BCUT2D eigenvalue weighted by Crippen LogP contribution is -2.43. The normalized spacial score (nSPS) is 15.7. The minimum absolute atomic E-state index is 0.00447. The summed E-state index contributed by atoms with van der Waals surface area (Å²) in [7, 11) is -2.97. The molecule has 0 spiro atoms. The van der Waals surface area contributed by atoms with Gasteiger partial charge in [-0.1, -0.05) is 18.2 Å². The van der Waals surface area contributed by atoms with Gasteiger partial charge in [-0.3, -0.25) is 14.1 Å². The predicted octanol–water partition coefficient (Wildman–Crippen LogP) is 5.10. The summed E-state index contributed by atoms with van der Waals surface area (Å²) in [4.78, 5) is 14.8. The fourth-order valence-electron chi connectivity index (χ4n) is 3.93. The number of ether oxygens (including phenoxy) is 2. The van der Waals surface area contributed by atoms with Crippen LogP contribution in [0.3, 0.4) is 0 Å². The van der Waals surface area contributed by atoms with Crippen molar-refractivity contribution in [2.75, 3.05) is 18.0 Å². The molecule has 0 saturated heterocycles. The Labute approximate surface area is 217 Å². The number of anilines is 1.